The van der Waals surface area contributed by atoms with Gasteiger partial charge in [0.2, 0.25) is 10.0 Å². The number of aromatic nitrogens is 1. The minimum absolute atomic E-state index is 0.0446. The Morgan fingerprint density at radius 1 is 1.10 bits per heavy atom. The number of carbonyl (C=O) groups excluding carboxylic acids is 1. The molecule has 1 amide bonds. The summed E-state index contributed by atoms with van der Waals surface area (Å²) in [6.45, 7) is 2.70. The Labute approximate surface area is 169 Å². The van der Waals surface area contributed by atoms with E-state index in [9.17, 15) is 13.2 Å². The smallest absolute Gasteiger partial charge is 0.276 e. The molecule has 2 fully saturated rings. The Morgan fingerprint density at radius 2 is 1.83 bits per heavy atom. The van der Waals surface area contributed by atoms with E-state index in [4.69, 9.17) is 14.0 Å². The number of hydrogen-bond donors (Lipinski definition) is 0. The molecule has 0 bridgehead atoms. The van der Waals surface area contributed by atoms with Crippen molar-refractivity contribution in [3.63, 3.8) is 0 Å². The largest absolute Gasteiger partial charge is 0.495 e. The van der Waals surface area contributed by atoms with E-state index >= 15 is 0 Å². The molecule has 0 N–H and O–H groups in total. The van der Waals surface area contributed by atoms with Gasteiger partial charge in [0.15, 0.2) is 11.5 Å². The maximum Gasteiger partial charge on any atom is 0.276 e. The van der Waals surface area contributed by atoms with Crippen LogP contribution in [-0.2, 0) is 14.8 Å². The zero-order valence-corrected chi connectivity index (χ0v) is 17.0. The molecule has 2 aliphatic heterocycles. The fourth-order valence-electron chi connectivity index (χ4n) is 3.55. The molecule has 0 unspecified atom stereocenters. The van der Waals surface area contributed by atoms with Crippen LogP contribution in [0.4, 0.5) is 0 Å². The van der Waals surface area contributed by atoms with E-state index in [2.05, 4.69) is 5.16 Å². The Morgan fingerprint density at radius 3 is 2.52 bits per heavy atom. The summed E-state index contributed by atoms with van der Waals surface area (Å²) < 4.78 is 43.5. The van der Waals surface area contributed by atoms with Crippen molar-refractivity contribution in [2.75, 3.05) is 46.5 Å². The number of amides is 1. The van der Waals surface area contributed by atoms with Crippen molar-refractivity contribution in [1.82, 2.24) is 14.4 Å². The maximum atomic E-state index is 13.1. The van der Waals surface area contributed by atoms with Gasteiger partial charge >= 0.3 is 0 Å². The zero-order chi connectivity index (χ0) is 20.4. The summed E-state index contributed by atoms with van der Waals surface area (Å²) in [4.78, 5) is 14.3. The van der Waals surface area contributed by atoms with Crippen LogP contribution in [0.5, 0.6) is 5.75 Å². The summed E-state index contributed by atoms with van der Waals surface area (Å²) in [5, 5.41) is 3.89. The second-order valence-corrected chi connectivity index (χ2v) is 8.86. The molecule has 0 radical (unpaired) electrons. The van der Waals surface area contributed by atoms with Gasteiger partial charge in [-0.25, -0.2) is 8.42 Å². The van der Waals surface area contributed by atoms with Crippen molar-refractivity contribution >= 4 is 15.9 Å². The monoisotopic (exact) mass is 421 g/mol. The Kier molecular flexibility index (Phi) is 5.57. The molecular formula is C19H23N3O6S. The van der Waals surface area contributed by atoms with E-state index in [1.807, 2.05) is 0 Å². The average Bonchev–Trinajstić information content (AvgIpc) is 3.46. The third-order valence-corrected chi connectivity index (χ3v) is 7.08. The standard InChI is InChI=1S/C19H23N3O6S/c1-26-16-5-4-14(12-18(16)29(24,25)22-8-10-27-11-9-22)17-13-15(20-28-17)19(23)21-6-2-3-7-21/h4-5,12-13H,2-3,6-11H2,1H3. The molecule has 10 heteroatoms. The highest BCUT2D eigenvalue weighted by molar-refractivity contribution is 7.89. The molecule has 4 rings (SSSR count). The first-order chi connectivity index (χ1) is 14.0. The van der Waals surface area contributed by atoms with Crippen LogP contribution in [0.2, 0.25) is 0 Å². The summed E-state index contributed by atoms with van der Waals surface area (Å²) >= 11 is 0. The molecule has 0 saturated carbocycles. The van der Waals surface area contributed by atoms with Crippen molar-refractivity contribution in [1.29, 1.82) is 0 Å². The van der Waals surface area contributed by atoms with E-state index in [1.54, 1.807) is 23.1 Å². The lowest BCUT2D eigenvalue weighted by Crippen LogP contribution is -2.40. The molecule has 2 aromatic rings. The SMILES string of the molecule is COc1ccc(-c2cc(C(=O)N3CCCC3)no2)cc1S(=O)(=O)N1CCOCC1. The molecule has 2 saturated heterocycles. The minimum Gasteiger partial charge on any atom is -0.495 e. The predicted molar refractivity (Wildman–Crippen MR) is 103 cm³/mol. The van der Waals surface area contributed by atoms with Gasteiger partial charge in [-0.1, -0.05) is 5.16 Å². The van der Waals surface area contributed by atoms with Crippen LogP contribution in [0.1, 0.15) is 23.3 Å². The van der Waals surface area contributed by atoms with Gasteiger partial charge in [-0.3, -0.25) is 4.79 Å². The highest BCUT2D eigenvalue weighted by Crippen LogP contribution is 2.32. The van der Waals surface area contributed by atoms with Crippen LogP contribution < -0.4 is 4.74 Å². The molecule has 1 aromatic heterocycles. The molecule has 29 heavy (non-hydrogen) atoms. The number of benzene rings is 1. The number of likely N-dealkylation sites (tertiary alicyclic amines) is 1. The van der Waals surface area contributed by atoms with Gasteiger partial charge in [0, 0.05) is 37.8 Å². The predicted octanol–water partition coefficient (Wildman–Crippen LogP) is 1.61. The second-order valence-electron chi connectivity index (χ2n) is 6.96. The lowest BCUT2D eigenvalue weighted by Gasteiger charge is -2.26. The van der Waals surface area contributed by atoms with E-state index < -0.39 is 10.0 Å². The van der Waals surface area contributed by atoms with Crippen molar-refractivity contribution in [2.45, 2.75) is 17.7 Å². The fraction of sp³-hybridized carbons (Fsp3) is 0.474. The molecule has 1 aromatic carbocycles. The zero-order valence-electron chi connectivity index (χ0n) is 16.2. The summed E-state index contributed by atoms with van der Waals surface area (Å²) in [6.07, 6.45) is 1.97. The highest BCUT2D eigenvalue weighted by atomic mass is 32.2. The number of morpholine rings is 1. The van der Waals surface area contributed by atoms with Crippen LogP contribution in [0.3, 0.4) is 0 Å². The molecular weight excluding hydrogens is 398 g/mol. The number of hydrogen-bond acceptors (Lipinski definition) is 7. The van der Waals surface area contributed by atoms with Crippen LogP contribution in [0.25, 0.3) is 11.3 Å². The summed E-state index contributed by atoms with van der Waals surface area (Å²) in [7, 11) is -2.34. The molecule has 3 heterocycles. The summed E-state index contributed by atoms with van der Waals surface area (Å²) in [6, 6.07) is 6.30. The van der Waals surface area contributed by atoms with Crippen LogP contribution >= 0.6 is 0 Å². The normalized spacial score (nSPS) is 18.2. The molecule has 156 valence electrons. The number of sulfonamides is 1. The lowest BCUT2D eigenvalue weighted by atomic mass is 10.1. The average molecular weight is 421 g/mol. The van der Waals surface area contributed by atoms with Crippen molar-refractivity contribution < 1.29 is 27.2 Å². The summed E-state index contributed by atoms with van der Waals surface area (Å²) in [5.74, 6) is 0.397. The van der Waals surface area contributed by atoms with Gasteiger partial charge < -0.3 is 18.9 Å². The summed E-state index contributed by atoms with van der Waals surface area (Å²) in [5.41, 5.74) is 0.723. The van der Waals surface area contributed by atoms with Crippen molar-refractivity contribution in [3.05, 3.63) is 30.0 Å². The second kappa shape index (κ2) is 8.13. The number of carbonyl (C=O) groups is 1. The van der Waals surface area contributed by atoms with Gasteiger partial charge in [0.25, 0.3) is 5.91 Å². The van der Waals surface area contributed by atoms with Crippen molar-refractivity contribution in [2.24, 2.45) is 0 Å². The first-order valence-electron chi connectivity index (χ1n) is 9.53. The Hall–Kier alpha value is -2.43. The van der Waals surface area contributed by atoms with Crippen LogP contribution in [0.15, 0.2) is 33.7 Å². The van der Waals surface area contributed by atoms with E-state index in [0.717, 1.165) is 12.8 Å². The van der Waals surface area contributed by atoms with Gasteiger partial charge in [-0.2, -0.15) is 4.31 Å². The van der Waals surface area contributed by atoms with Gasteiger partial charge in [0.05, 0.1) is 20.3 Å². The molecule has 0 aliphatic carbocycles. The Bertz CT molecular complexity index is 991. The number of nitrogens with zero attached hydrogens (tertiary/aromatic N) is 3. The third-order valence-electron chi connectivity index (χ3n) is 5.16. The first kappa shape index (κ1) is 19.9. The minimum atomic E-state index is -3.77. The molecule has 2 aliphatic rings. The molecule has 0 spiro atoms. The first-order valence-corrected chi connectivity index (χ1v) is 11.0. The van der Waals surface area contributed by atoms with Gasteiger partial charge in [-0.15, -0.1) is 0 Å². The van der Waals surface area contributed by atoms with Crippen LogP contribution in [-0.4, -0.2) is 75.2 Å². The molecule has 9 nitrogen and oxygen atoms in total. The van der Waals surface area contributed by atoms with E-state index in [-0.39, 0.29) is 35.3 Å². The highest BCUT2D eigenvalue weighted by Gasteiger charge is 2.30. The maximum absolute atomic E-state index is 13.1. The van der Waals surface area contributed by atoms with Crippen molar-refractivity contribution in [3.8, 4) is 17.1 Å². The van der Waals surface area contributed by atoms with E-state index in [0.29, 0.717) is 37.6 Å². The van der Waals surface area contributed by atoms with E-state index in [1.165, 1.54) is 17.5 Å². The fourth-order valence-corrected chi connectivity index (χ4v) is 5.14. The Balaban J connectivity index is 1.66. The lowest BCUT2D eigenvalue weighted by molar-refractivity contribution is 0.0729. The number of rotatable bonds is 5. The number of methoxy groups -OCH3 is 1. The quantitative estimate of drug-likeness (QED) is 0.723. The molecule has 0 atom stereocenters. The third kappa shape index (κ3) is 3.87. The number of ether oxygens (including phenoxy) is 2. The topological polar surface area (TPSA) is 102 Å². The van der Waals surface area contributed by atoms with Gasteiger partial charge in [0.1, 0.15) is 10.6 Å². The van der Waals surface area contributed by atoms with Gasteiger partial charge in [-0.05, 0) is 31.0 Å². The van der Waals surface area contributed by atoms with Crippen LogP contribution in [0, 0.1) is 0 Å².